The molecule has 2 nitrogen and oxygen atoms in total. The van der Waals surface area contributed by atoms with Crippen LogP contribution in [0.25, 0.3) is 0 Å². The van der Waals surface area contributed by atoms with Gasteiger partial charge in [-0.25, -0.2) is 0 Å². The molecule has 0 aliphatic carbocycles. The fourth-order valence-corrected chi connectivity index (χ4v) is 3.09. The second-order valence-electron chi connectivity index (χ2n) is 4.79. The first-order valence-corrected chi connectivity index (χ1v) is 7.53. The molecule has 0 saturated heterocycles. The second kappa shape index (κ2) is 6.31. The monoisotopic (exact) mass is 253 g/mol. The Morgan fingerprint density at radius 2 is 1.76 bits per heavy atom. The molecule has 1 aromatic rings. The van der Waals surface area contributed by atoms with Crippen molar-refractivity contribution in [3.05, 3.63) is 34.9 Å². The van der Waals surface area contributed by atoms with E-state index in [4.69, 9.17) is 5.73 Å². The molecule has 0 radical (unpaired) electrons. The van der Waals surface area contributed by atoms with E-state index in [0.29, 0.717) is 5.75 Å². The lowest BCUT2D eigenvalue weighted by Crippen LogP contribution is -2.23. The molecule has 0 aliphatic rings. The predicted molar refractivity (Wildman–Crippen MR) is 75.6 cm³/mol. The van der Waals surface area contributed by atoms with E-state index in [2.05, 4.69) is 39.0 Å². The van der Waals surface area contributed by atoms with Gasteiger partial charge in [0.25, 0.3) is 0 Å². The summed E-state index contributed by atoms with van der Waals surface area (Å²) in [5.41, 5.74) is 9.66. The number of hydrogen-bond acceptors (Lipinski definition) is 2. The first-order valence-electron chi connectivity index (χ1n) is 6.15. The molecule has 0 amide bonds. The molecule has 0 heterocycles. The van der Waals surface area contributed by atoms with Crippen molar-refractivity contribution in [2.75, 3.05) is 5.75 Å². The molecule has 0 aliphatic heterocycles. The standard InChI is InChI=1S/C14H23NOS/c1-5-12(4)17(16)9-14(15)13-7-10(2)6-11(3)8-13/h6-8,12,14H,5,9,15H2,1-4H3. The molecule has 3 heteroatoms. The highest BCUT2D eigenvalue weighted by atomic mass is 32.2. The van der Waals surface area contributed by atoms with Gasteiger partial charge in [0.1, 0.15) is 0 Å². The molecular formula is C14H23NOS. The van der Waals surface area contributed by atoms with Crippen LogP contribution in [0, 0.1) is 13.8 Å². The van der Waals surface area contributed by atoms with E-state index in [-0.39, 0.29) is 11.3 Å². The summed E-state index contributed by atoms with van der Waals surface area (Å²) in [6, 6.07) is 6.18. The third-order valence-electron chi connectivity index (χ3n) is 3.04. The third kappa shape index (κ3) is 4.25. The highest BCUT2D eigenvalue weighted by Gasteiger charge is 2.15. The molecule has 1 aromatic carbocycles. The summed E-state index contributed by atoms with van der Waals surface area (Å²) in [5, 5.41) is 0.229. The number of aryl methyl sites for hydroxylation is 2. The first kappa shape index (κ1) is 14.4. The Hall–Kier alpha value is -0.670. The number of rotatable bonds is 5. The maximum atomic E-state index is 12.0. The zero-order chi connectivity index (χ0) is 13.0. The molecule has 2 N–H and O–H groups in total. The van der Waals surface area contributed by atoms with Crippen LogP contribution >= 0.6 is 0 Å². The summed E-state index contributed by atoms with van der Waals surface area (Å²) in [5.74, 6) is 0.553. The van der Waals surface area contributed by atoms with E-state index in [1.165, 1.54) is 11.1 Å². The predicted octanol–water partition coefficient (Wildman–Crippen LogP) is 2.85. The zero-order valence-electron chi connectivity index (χ0n) is 11.2. The highest BCUT2D eigenvalue weighted by Crippen LogP contribution is 2.17. The molecule has 0 fully saturated rings. The fourth-order valence-electron chi connectivity index (χ4n) is 1.85. The Balaban J connectivity index is 2.76. The van der Waals surface area contributed by atoms with E-state index in [1.54, 1.807) is 0 Å². The molecule has 0 spiro atoms. The van der Waals surface area contributed by atoms with Gasteiger partial charge in [0.05, 0.1) is 0 Å². The maximum Gasteiger partial charge on any atom is 0.0431 e. The van der Waals surface area contributed by atoms with E-state index in [0.717, 1.165) is 12.0 Å². The topological polar surface area (TPSA) is 43.1 Å². The van der Waals surface area contributed by atoms with Crippen molar-refractivity contribution in [3.63, 3.8) is 0 Å². The summed E-state index contributed by atoms with van der Waals surface area (Å²) < 4.78 is 12.0. The van der Waals surface area contributed by atoms with Crippen LogP contribution in [-0.2, 0) is 10.8 Å². The van der Waals surface area contributed by atoms with Crippen LogP contribution in [0.3, 0.4) is 0 Å². The van der Waals surface area contributed by atoms with Gasteiger partial charge in [-0.15, -0.1) is 0 Å². The van der Waals surface area contributed by atoms with Gasteiger partial charge in [0, 0.05) is 27.8 Å². The highest BCUT2D eigenvalue weighted by molar-refractivity contribution is 7.85. The van der Waals surface area contributed by atoms with Crippen LogP contribution in [0.15, 0.2) is 18.2 Å². The van der Waals surface area contributed by atoms with Crippen LogP contribution in [-0.4, -0.2) is 15.2 Å². The minimum atomic E-state index is -0.834. The Morgan fingerprint density at radius 3 is 2.24 bits per heavy atom. The van der Waals surface area contributed by atoms with E-state index in [1.807, 2.05) is 6.92 Å². The molecule has 0 saturated carbocycles. The minimum absolute atomic E-state index is 0.122. The molecular weight excluding hydrogens is 230 g/mol. The van der Waals surface area contributed by atoms with Crippen LogP contribution in [0.5, 0.6) is 0 Å². The molecule has 0 bridgehead atoms. The average Bonchev–Trinajstić information content (AvgIpc) is 2.26. The molecule has 0 aromatic heterocycles. The lowest BCUT2D eigenvalue weighted by Gasteiger charge is -2.16. The van der Waals surface area contributed by atoms with Crippen molar-refractivity contribution in [1.82, 2.24) is 0 Å². The van der Waals surface area contributed by atoms with E-state index >= 15 is 0 Å². The summed E-state index contributed by atoms with van der Waals surface area (Å²) in [6.07, 6.45) is 0.937. The van der Waals surface area contributed by atoms with E-state index < -0.39 is 10.8 Å². The van der Waals surface area contributed by atoms with Crippen molar-refractivity contribution >= 4 is 10.8 Å². The zero-order valence-corrected chi connectivity index (χ0v) is 12.0. The van der Waals surface area contributed by atoms with Gasteiger partial charge in [-0.1, -0.05) is 43.2 Å². The van der Waals surface area contributed by atoms with Crippen molar-refractivity contribution in [2.24, 2.45) is 5.73 Å². The van der Waals surface area contributed by atoms with Crippen LogP contribution in [0.1, 0.15) is 43.0 Å². The maximum absolute atomic E-state index is 12.0. The Bertz CT molecular complexity index is 383. The lowest BCUT2D eigenvalue weighted by molar-refractivity contribution is 0.662. The molecule has 96 valence electrons. The van der Waals surface area contributed by atoms with Gasteiger partial charge >= 0.3 is 0 Å². The Kier molecular flexibility index (Phi) is 5.34. The molecule has 17 heavy (non-hydrogen) atoms. The summed E-state index contributed by atoms with van der Waals surface area (Å²) in [6.45, 7) is 8.21. The number of hydrogen-bond donors (Lipinski definition) is 1. The summed E-state index contributed by atoms with van der Waals surface area (Å²) >= 11 is 0. The summed E-state index contributed by atoms with van der Waals surface area (Å²) in [7, 11) is -0.834. The Labute approximate surface area is 107 Å². The van der Waals surface area contributed by atoms with Gasteiger partial charge in [-0.05, 0) is 25.8 Å². The minimum Gasteiger partial charge on any atom is -0.323 e. The van der Waals surface area contributed by atoms with Gasteiger partial charge in [0.2, 0.25) is 0 Å². The van der Waals surface area contributed by atoms with Crippen molar-refractivity contribution < 1.29 is 4.21 Å². The smallest absolute Gasteiger partial charge is 0.0431 e. The number of benzene rings is 1. The number of nitrogens with two attached hydrogens (primary N) is 1. The summed E-state index contributed by atoms with van der Waals surface area (Å²) in [4.78, 5) is 0. The largest absolute Gasteiger partial charge is 0.323 e. The van der Waals surface area contributed by atoms with Crippen LogP contribution in [0.2, 0.25) is 0 Å². The van der Waals surface area contributed by atoms with Crippen molar-refractivity contribution in [2.45, 2.75) is 45.4 Å². The van der Waals surface area contributed by atoms with Crippen molar-refractivity contribution in [1.29, 1.82) is 0 Å². The van der Waals surface area contributed by atoms with Gasteiger partial charge in [-0.2, -0.15) is 0 Å². The van der Waals surface area contributed by atoms with Crippen LogP contribution < -0.4 is 5.73 Å². The van der Waals surface area contributed by atoms with Crippen molar-refractivity contribution in [3.8, 4) is 0 Å². The quantitative estimate of drug-likeness (QED) is 0.877. The average molecular weight is 253 g/mol. The normalized spacial score (nSPS) is 16.5. The molecule has 1 rings (SSSR count). The molecule has 3 unspecified atom stereocenters. The SMILES string of the molecule is CCC(C)S(=O)CC(N)c1cc(C)cc(C)c1. The molecule has 3 atom stereocenters. The van der Waals surface area contributed by atoms with Gasteiger partial charge in [-0.3, -0.25) is 4.21 Å². The second-order valence-corrected chi connectivity index (χ2v) is 6.69. The third-order valence-corrected chi connectivity index (χ3v) is 4.96. The van der Waals surface area contributed by atoms with E-state index in [9.17, 15) is 4.21 Å². The fraction of sp³-hybridized carbons (Fsp3) is 0.571. The first-order chi connectivity index (χ1) is 7.93. The van der Waals surface area contributed by atoms with Crippen LogP contribution in [0.4, 0.5) is 0 Å². The Morgan fingerprint density at radius 1 is 1.24 bits per heavy atom. The van der Waals surface area contributed by atoms with Gasteiger partial charge in [0.15, 0.2) is 0 Å². The van der Waals surface area contributed by atoms with Gasteiger partial charge < -0.3 is 5.73 Å². The lowest BCUT2D eigenvalue weighted by atomic mass is 10.0.